The normalized spacial score (nSPS) is 11.5. The van der Waals surface area contributed by atoms with E-state index in [1.807, 2.05) is 44.2 Å². The second-order valence-electron chi connectivity index (χ2n) is 8.60. The molecule has 0 unspecified atom stereocenters. The summed E-state index contributed by atoms with van der Waals surface area (Å²) in [5, 5.41) is 16.2. The first-order chi connectivity index (χ1) is 18.3. The van der Waals surface area contributed by atoms with Gasteiger partial charge >= 0.3 is 0 Å². The van der Waals surface area contributed by atoms with Crippen molar-refractivity contribution in [3.8, 4) is 11.5 Å². The summed E-state index contributed by atoms with van der Waals surface area (Å²) in [6.45, 7) is 3.72. The van der Waals surface area contributed by atoms with Crippen LogP contribution in [0.5, 0.6) is 11.5 Å². The van der Waals surface area contributed by atoms with E-state index in [1.54, 1.807) is 42.5 Å². The first-order valence-electron chi connectivity index (χ1n) is 12.1. The van der Waals surface area contributed by atoms with Crippen LogP contribution in [-0.2, 0) is 21.2 Å². The molecule has 0 bridgehead atoms. The van der Waals surface area contributed by atoms with E-state index in [2.05, 4.69) is 10.5 Å². The van der Waals surface area contributed by atoms with Crippen molar-refractivity contribution in [3.63, 3.8) is 0 Å². The number of rotatable bonds is 10. The zero-order valence-corrected chi connectivity index (χ0v) is 22.0. The van der Waals surface area contributed by atoms with Gasteiger partial charge in [-0.05, 0) is 61.2 Å². The summed E-state index contributed by atoms with van der Waals surface area (Å²) in [6, 6.07) is 24.1. The van der Waals surface area contributed by atoms with E-state index in [4.69, 9.17) is 4.74 Å². The van der Waals surface area contributed by atoms with Gasteiger partial charge in [-0.15, -0.1) is 0 Å². The maximum atomic E-state index is 13.5. The van der Waals surface area contributed by atoms with Crippen molar-refractivity contribution in [1.29, 1.82) is 0 Å². The summed E-state index contributed by atoms with van der Waals surface area (Å²) in [7, 11) is -4.06. The fraction of sp³-hybridized carbons (Fsp3) is 0.172. The Morgan fingerprint density at radius 2 is 1.71 bits per heavy atom. The Balaban J connectivity index is 1.49. The maximum absolute atomic E-state index is 13.5. The molecule has 4 aromatic carbocycles. The number of carbonyl (C=O) groups excluding carboxylic acids is 1. The van der Waals surface area contributed by atoms with E-state index in [9.17, 15) is 18.3 Å². The summed E-state index contributed by atoms with van der Waals surface area (Å²) in [6.07, 6.45) is 1.74. The molecule has 8 nitrogen and oxygen atoms in total. The van der Waals surface area contributed by atoms with E-state index >= 15 is 0 Å². The lowest BCUT2D eigenvalue weighted by Gasteiger charge is -2.24. The molecule has 4 rings (SSSR count). The Morgan fingerprint density at radius 1 is 1.00 bits per heavy atom. The quantitative estimate of drug-likeness (QED) is 0.226. The number of aromatic hydroxyl groups is 1. The molecule has 0 aromatic heterocycles. The minimum Gasteiger partial charge on any atom is -0.507 e. The zero-order valence-electron chi connectivity index (χ0n) is 21.2. The van der Waals surface area contributed by atoms with E-state index in [0.717, 1.165) is 20.6 Å². The highest BCUT2D eigenvalue weighted by atomic mass is 32.2. The van der Waals surface area contributed by atoms with Crippen LogP contribution >= 0.6 is 0 Å². The van der Waals surface area contributed by atoms with Gasteiger partial charge in [0.1, 0.15) is 18.0 Å². The van der Waals surface area contributed by atoms with Gasteiger partial charge in [-0.2, -0.15) is 5.10 Å². The van der Waals surface area contributed by atoms with Gasteiger partial charge < -0.3 is 9.84 Å². The van der Waals surface area contributed by atoms with Gasteiger partial charge in [0.2, 0.25) is 0 Å². The van der Waals surface area contributed by atoms with Crippen molar-refractivity contribution in [3.05, 3.63) is 96.1 Å². The molecule has 9 heteroatoms. The van der Waals surface area contributed by atoms with Crippen LogP contribution in [0.4, 0.5) is 5.69 Å². The van der Waals surface area contributed by atoms with Crippen molar-refractivity contribution in [1.82, 2.24) is 5.43 Å². The molecule has 0 heterocycles. The van der Waals surface area contributed by atoms with Crippen molar-refractivity contribution < 1.29 is 23.1 Å². The average molecular weight is 532 g/mol. The van der Waals surface area contributed by atoms with E-state index in [1.165, 1.54) is 18.3 Å². The standard InChI is InChI=1S/C29H29N3O5S/c1-3-37-25-14-16-26(17-15-25)38(35,36)32(24-12-8-21(2)9-13-24)20-28(33)31-30-19-18-23-11-10-22-6-4-5-7-27(22)29(23)34/h4-17,19,34H,3,18,20H2,1-2H3,(H,31,33)/b30-19+. The number of fused-ring (bicyclic) bond motifs is 1. The third kappa shape index (κ3) is 6.12. The van der Waals surface area contributed by atoms with Crippen LogP contribution in [0, 0.1) is 6.92 Å². The highest BCUT2D eigenvalue weighted by Crippen LogP contribution is 2.28. The number of amides is 1. The number of hydrazone groups is 1. The minimum atomic E-state index is -4.06. The van der Waals surface area contributed by atoms with Gasteiger partial charge in [0, 0.05) is 18.0 Å². The predicted molar refractivity (Wildman–Crippen MR) is 149 cm³/mol. The fourth-order valence-electron chi connectivity index (χ4n) is 3.92. The highest BCUT2D eigenvalue weighted by Gasteiger charge is 2.27. The molecule has 0 radical (unpaired) electrons. The fourth-order valence-corrected chi connectivity index (χ4v) is 5.34. The molecule has 0 aliphatic rings. The second-order valence-corrected chi connectivity index (χ2v) is 10.5. The molecular formula is C29H29N3O5S. The number of sulfonamides is 1. The van der Waals surface area contributed by atoms with Crippen LogP contribution in [0.2, 0.25) is 0 Å². The van der Waals surface area contributed by atoms with Gasteiger partial charge in [0.25, 0.3) is 15.9 Å². The number of ether oxygens (including phenoxy) is 1. The van der Waals surface area contributed by atoms with Gasteiger partial charge in [-0.25, -0.2) is 13.8 Å². The molecule has 0 atom stereocenters. The van der Waals surface area contributed by atoms with E-state index < -0.39 is 22.5 Å². The largest absolute Gasteiger partial charge is 0.507 e. The number of anilines is 1. The summed E-state index contributed by atoms with van der Waals surface area (Å²) < 4.78 is 33.5. The number of phenols is 1. The molecule has 0 aliphatic heterocycles. The molecule has 0 saturated carbocycles. The molecule has 196 valence electrons. The molecule has 4 aromatic rings. The van der Waals surface area contributed by atoms with Crippen LogP contribution in [0.1, 0.15) is 18.1 Å². The molecule has 1 amide bonds. The maximum Gasteiger partial charge on any atom is 0.264 e. The average Bonchev–Trinajstić information content (AvgIpc) is 2.92. The summed E-state index contributed by atoms with van der Waals surface area (Å²) >= 11 is 0. The number of benzene rings is 4. The van der Waals surface area contributed by atoms with Crippen molar-refractivity contribution in [2.75, 3.05) is 17.5 Å². The van der Waals surface area contributed by atoms with Gasteiger partial charge in [0.15, 0.2) is 0 Å². The number of nitrogens with zero attached hydrogens (tertiary/aromatic N) is 2. The lowest BCUT2D eigenvalue weighted by atomic mass is 10.0. The van der Waals surface area contributed by atoms with Crippen LogP contribution in [-0.4, -0.2) is 38.8 Å². The smallest absolute Gasteiger partial charge is 0.264 e. The molecule has 0 saturated heterocycles. The van der Waals surface area contributed by atoms with Gasteiger partial charge in [-0.3, -0.25) is 9.10 Å². The Bertz CT molecular complexity index is 1550. The van der Waals surface area contributed by atoms with Crippen molar-refractivity contribution in [2.24, 2.45) is 5.10 Å². The van der Waals surface area contributed by atoms with Crippen molar-refractivity contribution in [2.45, 2.75) is 25.2 Å². The zero-order chi connectivity index (χ0) is 27.1. The monoisotopic (exact) mass is 531 g/mol. The van der Waals surface area contributed by atoms with E-state index in [0.29, 0.717) is 23.6 Å². The Labute approximate surface area is 222 Å². The molecule has 0 spiro atoms. The van der Waals surface area contributed by atoms with Crippen LogP contribution in [0.3, 0.4) is 0 Å². The predicted octanol–water partition coefficient (Wildman–Crippen LogP) is 4.79. The first kappa shape index (κ1) is 26.7. The summed E-state index contributed by atoms with van der Waals surface area (Å²) in [5.41, 5.74) is 4.36. The highest BCUT2D eigenvalue weighted by molar-refractivity contribution is 7.92. The SMILES string of the molecule is CCOc1ccc(S(=O)(=O)N(CC(=O)N/N=C/Cc2ccc3ccccc3c2O)c2ccc(C)cc2)cc1. The number of aryl methyl sites for hydroxylation is 1. The van der Waals surface area contributed by atoms with Crippen LogP contribution in [0.25, 0.3) is 10.8 Å². The third-order valence-electron chi connectivity index (χ3n) is 5.91. The summed E-state index contributed by atoms with van der Waals surface area (Å²) in [5.74, 6) is 0.102. The number of nitrogens with one attached hydrogen (secondary N) is 1. The van der Waals surface area contributed by atoms with Crippen LogP contribution < -0.4 is 14.5 Å². The minimum absolute atomic E-state index is 0.0320. The van der Waals surface area contributed by atoms with E-state index in [-0.39, 0.29) is 17.1 Å². The Kier molecular flexibility index (Phi) is 8.28. The molecule has 38 heavy (non-hydrogen) atoms. The molecule has 0 fully saturated rings. The lowest BCUT2D eigenvalue weighted by Crippen LogP contribution is -2.39. The first-order valence-corrected chi connectivity index (χ1v) is 13.6. The molecule has 0 aliphatic carbocycles. The number of hydrogen-bond acceptors (Lipinski definition) is 6. The Hall–Kier alpha value is -4.37. The van der Waals surface area contributed by atoms with Crippen molar-refractivity contribution >= 4 is 38.6 Å². The Morgan fingerprint density at radius 3 is 2.42 bits per heavy atom. The molecule has 2 N–H and O–H groups in total. The van der Waals surface area contributed by atoms with Crippen LogP contribution in [0.15, 0.2) is 94.9 Å². The topological polar surface area (TPSA) is 108 Å². The van der Waals surface area contributed by atoms with Gasteiger partial charge in [0.05, 0.1) is 17.2 Å². The number of hydrogen-bond donors (Lipinski definition) is 2. The number of phenolic OH excluding ortho intramolecular Hbond substituents is 1. The molecular weight excluding hydrogens is 502 g/mol. The third-order valence-corrected chi connectivity index (χ3v) is 7.70. The summed E-state index contributed by atoms with van der Waals surface area (Å²) in [4.78, 5) is 12.8. The second kappa shape index (κ2) is 11.8. The number of carbonyl (C=O) groups is 1. The lowest BCUT2D eigenvalue weighted by molar-refractivity contribution is -0.119. The van der Waals surface area contributed by atoms with Gasteiger partial charge in [-0.1, -0.05) is 54.1 Å².